The molecule has 0 heterocycles. The summed E-state index contributed by atoms with van der Waals surface area (Å²) in [6, 6.07) is 12.7. The largest absolute Gasteiger partial charge is 0.489 e. The van der Waals surface area contributed by atoms with Gasteiger partial charge in [-0.25, -0.2) is 0 Å². The van der Waals surface area contributed by atoms with Gasteiger partial charge in [-0.15, -0.1) is 0 Å². The van der Waals surface area contributed by atoms with Gasteiger partial charge in [0.1, 0.15) is 12.4 Å². The molecule has 0 fully saturated rings. The topological polar surface area (TPSA) is 21.3 Å². The van der Waals surface area contributed by atoms with E-state index in [1.165, 1.54) is 27.8 Å². The van der Waals surface area contributed by atoms with Crippen LogP contribution in [-0.2, 0) is 13.2 Å². The molecule has 0 saturated carbocycles. The first-order valence-electron chi connectivity index (χ1n) is 7.04. The first kappa shape index (κ1) is 14.6. The van der Waals surface area contributed by atoms with Crippen molar-refractivity contribution in [2.24, 2.45) is 0 Å². The van der Waals surface area contributed by atoms with Gasteiger partial charge in [-0.1, -0.05) is 30.3 Å². The van der Waals surface area contributed by atoms with Gasteiger partial charge in [-0.05, 0) is 61.7 Å². The van der Waals surface area contributed by atoms with Crippen molar-refractivity contribution in [1.82, 2.24) is 5.32 Å². The molecule has 0 aliphatic heterocycles. The Kier molecular flexibility index (Phi) is 4.80. The summed E-state index contributed by atoms with van der Waals surface area (Å²) in [4.78, 5) is 0. The van der Waals surface area contributed by atoms with Crippen LogP contribution in [0.25, 0.3) is 0 Å². The Balaban J connectivity index is 2.17. The molecule has 2 aromatic carbocycles. The molecule has 0 spiro atoms. The minimum atomic E-state index is 0.613. The van der Waals surface area contributed by atoms with Crippen LogP contribution in [0.1, 0.15) is 27.8 Å². The highest BCUT2D eigenvalue weighted by Gasteiger charge is 2.06. The molecule has 0 bridgehead atoms. The number of hydrogen-bond acceptors (Lipinski definition) is 2. The average Bonchev–Trinajstić information content (AvgIpc) is 2.43. The van der Waals surface area contributed by atoms with E-state index in [4.69, 9.17) is 4.74 Å². The molecule has 2 rings (SSSR count). The van der Waals surface area contributed by atoms with E-state index in [0.717, 1.165) is 12.3 Å². The Hall–Kier alpha value is -1.80. The first-order chi connectivity index (χ1) is 9.61. The maximum atomic E-state index is 6.04. The van der Waals surface area contributed by atoms with Gasteiger partial charge in [0.05, 0.1) is 0 Å². The molecule has 20 heavy (non-hydrogen) atoms. The lowest BCUT2D eigenvalue weighted by Gasteiger charge is -2.14. The monoisotopic (exact) mass is 269 g/mol. The van der Waals surface area contributed by atoms with Crippen LogP contribution >= 0.6 is 0 Å². The van der Waals surface area contributed by atoms with Crippen LogP contribution in [0.3, 0.4) is 0 Å². The summed E-state index contributed by atoms with van der Waals surface area (Å²) in [6.07, 6.45) is 0. The van der Waals surface area contributed by atoms with Gasteiger partial charge in [0, 0.05) is 6.54 Å². The van der Waals surface area contributed by atoms with Crippen molar-refractivity contribution in [3.05, 3.63) is 64.2 Å². The molecule has 2 heteroatoms. The Bertz CT molecular complexity index is 590. The van der Waals surface area contributed by atoms with Gasteiger partial charge in [-0.3, -0.25) is 0 Å². The van der Waals surface area contributed by atoms with E-state index in [-0.39, 0.29) is 0 Å². The highest BCUT2D eigenvalue weighted by atomic mass is 16.5. The van der Waals surface area contributed by atoms with Crippen LogP contribution in [0.2, 0.25) is 0 Å². The van der Waals surface area contributed by atoms with Crippen molar-refractivity contribution < 1.29 is 4.74 Å². The predicted molar refractivity (Wildman–Crippen MR) is 84.2 cm³/mol. The van der Waals surface area contributed by atoms with E-state index in [0.29, 0.717) is 6.61 Å². The third-order valence-electron chi connectivity index (χ3n) is 3.63. The van der Waals surface area contributed by atoms with E-state index in [2.05, 4.69) is 62.5 Å². The SMILES string of the molecule is CNCc1ccccc1COc1cc(C)cc(C)c1C. The maximum absolute atomic E-state index is 6.04. The van der Waals surface area contributed by atoms with Gasteiger partial charge >= 0.3 is 0 Å². The lowest BCUT2D eigenvalue weighted by atomic mass is 10.1. The van der Waals surface area contributed by atoms with E-state index in [9.17, 15) is 0 Å². The quantitative estimate of drug-likeness (QED) is 0.888. The summed E-state index contributed by atoms with van der Waals surface area (Å²) >= 11 is 0. The lowest BCUT2D eigenvalue weighted by Crippen LogP contribution is -2.09. The van der Waals surface area contributed by atoms with Gasteiger partial charge in [-0.2, -0.15) is 0 Å². The van der Waals surface area contributed by atoms with Crippen molar-refractivity contribution in [3.63, 3.8) is 0 Å². The molecular formula is C18H23NO. The Morgan fingerprint density at radius 1 is 1.00 bits per heavy atom. The summed E-state index contributed by atoms with van der Waals surface area (Å²) in [5.74, 6) is 0.988. The molecule has 106 valence electrons. The van der Waals surface area contributed by atoms with Crippen molar-refractivity contribution in [2.45, 2.75) is 33.9 Å². The smallest absolute Gasteiger partial charge is 0.123 e. The molecule has 0 atom stereocenters. The second kappa shape index (κ2) is 6.58. The zero-order valence-electron chi connectivity index (χ0n) is 12.8. The van der Waals surface area contributed by atoms with Gasteiger partial charge < -0.3 is 10.1 Å². The van der Waals surface area contributed by atoms with Gasteiger partial charge in [0.25, 0.3) is 0 Å². The minimum absolute atomic E-state index is 0.613. The molecule has 0 aromatic heterocycles. The number of nitrogens with one attached hydrogen (secondary N) is 1. The highest BCUT2D eigenvalue weighted by Crippen LogP contribution is 2.24. The predicted octanol–water partition coefficient (Wildman–Crippen LogP) is 3.91. The second-order valence-corrected chi connectivity index (χ2v) is 5.29. The van der Waals surface area contributed by atoms with Crippen LogP contribution in [0, 0.1) is 20.8 Å². The third kappa shape index (κ3) is 3.40. The summed E-state index contributed by atoms with van der Waals surface area (Å²) in [7, 11) is 1.96. The van der Waals surface area contributed by atoms with E-state index in [1.807, 2.05) is 7.05 Å². The average molecular weight is 269 g/mol. The second-order valence-electron chi connectivity index (χ2n) is 5.29. The molecule has 1 N–H and O–H groups in total. The minimum Gasteiger partial charge on any atom is -0.489 e. The summed E-state index contributed by atoms with van der Waals surface area (Å²) in [5.41, 5.74) is 6.27. The highest BCUT2D eigenvalue weighted by molar-refractivity contribution is 5.42. The van der Waals surface area contributed by atoms with Crippen molar-refractivity contribution in [1.29, 1.82) is 0 Å². The Morgan fingerprint density at radius 2 is 1.70 bits per heavy atom. The molecule has 0 unspecified atom stereocenters. The normalized spacial score (nSPS) is 10.6. The maximum Gasteiger partial charge on any atom is 0.123 e. The Morgan fingerprint density at radius 3 is 2.40 bits per heavy atom. The molecule has 2 nitrogen and oxygen atoms in total. The van der Waals surface area contributed by atoms with Crippen LogP contribution in [0.15, 0.2) is 36.4 Å². The molecule has 2 aromatic rings. The molecule has 0 aliphatic rings. The summed E-state index contributed by atoms with van der Waals surface area (Å²) < 4.78 is 6.04. The van der Waals surface area contributed by atoms with Crippen LogP contribution in [0.5, 0.6) is 5.75 Å². The Labute approximate surface area is 121 Å². The van der Waals surface area contributed by atoms with E-state index < -0.39 is 0 Å². The summed E-state index contributed by atoms with van der Waals surface area (Å²) in [6.45, 7) is 7.83. The molecule has 0 radical (unpaired) electrons. The zero-order valence-corrected chi connectivity index (χ0v) is 12.8. The van der Waals surface area contributed by atoms with E-state index in [1.54, 1.807) is 0 Å². The fourth-order valence-corrected chi connectivity index (χ4v) is 2.37. The van der Waals surface area contributed by atoms with Crippen LogP contribution in [0.4, 0.5) is 0 Å². The van der Waals surface area contributed by atoms with Crippen molar-refractivity contribution in [3.8, 4) is 5.75 Å². The molecule has 0 saturated heterocycles. The van der Waals surface area contributed by atoms with Crippen molar-refractivity contribution >= 4 is 0 Å². The number of aryl methyl sites for hydroxylation is 2. The first-order valence-corrected chi connectivity index (χ1v) is 7.04. The van der Waals surface area contributed by atoms with Crippen LogP contribution < -0.4 is 10.1 Å². The molecule has 0 amide bonds. The fraction of sp³-hybridized carbons (Fsp3) is 0.333. The standard InChI is InChI=1S/C18H23NO/c1-13-9-14(2)15(3)18(10-13)20-12-17-8-6-5-7-16(17)11-19-4/h5-10,19H,11-12H2,1-4H3. The number of hydrogen-bond donors (Lipinski definition) is 1. The van der Waals surface area contributed by atoms with Gasteiger partial charge in [0.15, 0.2) is 0 Å². The number of rotatable bonds is 5. The summed E-state index contributed by atoms with van der Waals surface area (Å²) in [5, 5.41) is 3.20. The molecule has 0 aliphatic carbocycles. The van der Waals surface area contributed by atoms with Crippen LogP contribution in [-0.4, -0.2) is 7.05 Å². The molecular weight excluding hydrogens is 246 g/mol. The third-order valence-corrected chi connectivity index (χ3v) is 3.63. The fourth-order valence-electron chi connectivity index (χ4n) is 2.37. The number of ether oxygens (including phenoxy) is 1. The van der Waals surface area contributed by atoms with E-state index >= 15 is 0 Å². The lowest BCUT2D eigenvalue weighted by molar-refractivity contribution is 0.302. The van der Waals surface area contributed by atoms with Gasteiger partial charge in [0.2, 0.25) is 0 Å². The van der Waals surface area contributed by atoms with Crippen molar-refractivity contribution in [2.75, 3.05) is 7.05 Å². The zero-order chi connectivity index (χ0) is 14.5. The number of benzene rings is 2.